The van der Waals surface area contributed by atoms with E-state index in [1.54, 1.807) is 39.7 Å². The average Bonchev–Trinajstić information content (AvgIpc) is 2.83. The maximum Gasteiger partial charge on any atom is 0.341 e. The van der Waals surface area contributed by atoms with E-state index in [0.717, 1.165) is 16.9 Å². The number of carbonyl (C=O) groups excluding carboxylic acids is 1. The summed E-state index contributed by atoms with van der Waals surface area (Å²) in [4.78, 5) is 30.2. The molecule has 162 valence electrons. The molecule has 3 heterocycles. The molecule has 9 nitrogen and oxygen atoms in total. The van der Waals surface area contributed by atoms with Crippen LogP contribution in [0.5, 0.6) is 11.6 Å². The second-order valence-electron chi connectivity index (χ2n) is 6.96. The molecule has 0 unspecified atom stereocenters. The predicted octanol–water partition coefficient (Wildman–Crippen LogP) is 2.55. The summed E-state index contributed by atoms with van der Waals surface area (Å²) < 4.78 is 16.1. The first-order valence-electron chi connectivity index (χ1n) is 10.2. The van der Waals surface area contributed by atoms with Gasteiger partial charge in [0.1, 0.15) is 16.8 Å². The second kappa shape index (κ2) is 9.03. The number of piperazine rings is 1. The van der Waals surface area contributed by atoms with Gasteiger partial charge in [-0.05, 0) is 13.0 Å². The number of esters is 1. The first-order chi connectivity index (χ1) is 15.2. The van der Waals surface area contributed by atoms with Crippen molar-refractivity contribution in [2.45, 2.75) is 6.92 Å². The van der Waals surface area contributed by atoms with Gasteiger partial charge in [-0.2, -0.15) is 0 Å². The molecule has 0 atom stereocenters. The van der Waals surface area contributed by atoms with Crippen molar-refractivity contribution in [1.82, 2.24) is 15.0 Å². The number of hydrogen-bond acceptors (Lipinski definition) is 9. The molecule has 1 aliphatic rings. The van der Waals surface area contributed by atoms with E-state index in [9.17, 15) is 4.79 Å². The summed E-state index contributed by atoms with van der Waals surface area (Å²) in [5, 5.41) is 0.857. The van der Waals surface area contributed by atoms with Crippen LogP contribution in [0.3, 0.4) is 0 Å². The van der Waals surface area contributed by atoms with Crippen LogP contribution in [-0.2, 0) is 4.74 Å². The first-order valence-corrected chi connectivity index (χ1v) is 10.2. The number of rotatable bonds is 6. The van der Waals surface area contributed by atoms with Gasteiger partial charge in [0.2, 0.25) is 0 Å². The van der Waals surface area contributed by atoms with Gasteiger partial charge in [-0.3, -0.25) is 4.98 Å². The van der Waals surface area contributed by atoms with Crippen LogP contribution < -0.4 is 19.3 Å². The molecule has 1 saturated heterocycles. The van der Waals surface area contributed by atoms with Gasteiger partial charge in [0.25, 0.3) is 5.88 Å². The number of methoxy groups -OCH3 is 2. The highest BCUT2D eigenvalue weighted by Crippen LogP contribution is 2.35. The molecule has 0 saturated carbocycles. The molecule has 31 heavy (non-hydrogen) atoms. The summed E-state index contributed by atoms with van der Waals surface area (Å²) >= 11 is 0. The number of anilines is 2. The average molecular weight is 423 g/mol. The molecular weight excluding hydrogens is 398 g/mol. The van der Waals surface area contributed by atoms with Gasteiger partial charge in [0, 0.05) is 50.2 Å². The Morgan fingerprint density at radius 2 is 1.74 bits per heavy atom. The summed E-state index contributed by atoms with van der Waals surface area (Å²) in [7, 11) is 3.20. The monoisotopic (exact) mass is 423 g/mol. The Kier molecular flexibility index (Phi) is 6.01. The normalized spacial score (nSPS) is 13.9. The molecule has 0 spiro atoms. The lowest BCUT2D eigenvalue weighted by Crippen LogP contribution is -2.47. The lowest BCUT2D eigenvalue weighted by atomic mass is 10.1. The summed E-state index contributed by atoms with van der Waals surface area (Å²) in [6, 6.07) is 5.73. The number of carbonyl (C=O) groups is 1. The van der Waals surface area contributed by atoms with Crippen LogP contribution in [0.1, 0.15) is 17.3 Å². The van der Waals surface area contributed by atoms with Crippen molar-refractivity contribution in [2.75, 3.05) is 56.8 Å². The number of fused-ring (bicyclic) bond motifs is 1. The van der Waals surface area contributed by atoms with Crippen LogP contribution in [0.4, 0.5) is 11.5 Å². The minimum absolute atomic E-state index is 0.300. The predicted molar refractivity (Wildman–Crippen MR) is 117 cm³/mol. The van der Waals surface area contributed by atoms with Crippen molar-refractivity contribution in [3.63, 3.8) is 0 Å². The standard InChI is InChI=1S/C22H25N5O4/c1-4-31-22(28)16-14-25-18-15(6-5-7-17(18)29-2)19(16)26-10-12-27(13-11-26)20-21(30-3)24-9-8-23-20/h5-9,14H,4,10-13H2,1-3H3. The highest BCUT2D eigenvalue weighted by atomic mass is 16.5. The van der Waals surface area contributed by atoms with Gasteiger partial charge in [-0.15, -0.1) is 0 Å². The molecule has 0 amide bonds. The lowest BCUT2D eigenvalue weighted by molar-refractivity contribution is 0.0526. The molecule has 0 aliphatic carbocycles. The summed E-state index contributed by atoms with van der Waals surface area (Å²) in [5.41, 5.74) is 1.98. The molecule has 0 radical (unpaired) electrons. The Labute approximate surface area is 180 Å². The molecule has 0 N–H and O–H groups in total. The fourth-order valence-electron chi connectivity index (χ4n) is 3.87. The third kappa shape index (κ3) is 3.90. The summed E-state index contributed by atoms with van der Waals surface area (Å²) in [6.07, 6.45) is 4.85. The smallest absolute Gasteiger partial charge is 0.341 e. The minimum atomic E-state index is -0.382. The van der Waals surface area contributed by atoms with E-state index in [1.165, 1.54) is 0 Å². The van der Waals surface area contributed by atoms with Crippen LogP contribution >= 0.6 is 0 Å². The minimum Gasteiger partial charge on any atom is -0.494 e. The largest absolute Gasteiger partial charge is 0.494 e. The van der Waals surface area contributed by atoms with E-state index in [1.807, 2.05) is 18.2 Å². The van der Waals surface area contributed by atoms with Crippen LogP contribution in [-0.4, -0.2) is 67.9 Å². The van der Waals surface area contributed by atoms with E-state index in [0.29, 0.717) is 55.5 Å². The molecule has 1 aliphatic heterocycles. The van der Waals surface area contributed by atoms with Gasteiger partial charge in [-0.25, -0.2) is 14.8 Å². The number of benzene rings is 1. The maximum absolute atomic E-state index is 12.7. The number of nitrogens with zero attached hydrogens (tertiary/aromatic N) is 5. The van der Waals surface area contributed by atoms with Crippen LogP contribution in [0.2, 0.25) is 0 Å². The van der Waals surface area contributed by atoms with Gasteiger partial charge in [0.15, 0.2) is 5.82 Å². The van der Waals surface area contributed by atoms with Gasteiger partial charge in [-0.1, -0.05) is 12.1 Å². The Bertz CT molecular complexity index is 1080. The highest BCUT2D eigenvalue weighted by molar-refractivity contribution is 6.06. The van der Waals surface area contributed by atoms with Crippen molar-refractivity contribution >= 4 is 28.4 Å². The van der Waals surface area contributed by atoms with E-state index in [4.69, 9.17) is 14.2 Å². The van der Waals surface area contributed by atoms with Crippen molar-refractivity contribution in [1.29, 1.82) is 0 Å². The van der Waals surface area contributed by atoms with Gasteiger partial charge in [0.05, 0.1) is 26.5 Å². The molecule has 1 aromatic carbocycles. The summed E-state index contributed by atoms with van der Waals surface area (Å²) in [6.45, 7) is 4.86. The fraction of sp³-hybridized carbons (Fsp3) is 0.364. The number of para-hydroxylation sites is 1. The fourth-order valence-corrected chi connectivity index (χ4v) is 3.87. The Balaban J connectivity index is 1.70. The number of pyridine rings is 1. The van der Waals surface area contributed by atoms with Gasteiger partial charge < -0.3 is 24.0 Å². The van der Waals surface area contributed by atoms with Crippen LogP contribution in [0, 0.1) is 0 Å². The van der Waals surface area contributed by atoms with Crippen molar-refractivity contribution in [2.24, 2.45) is 0 Å². The third-order valence-corrected chi connectivity index (χ3v) is 5.28. The molecule has 1 fully saturated rings. The van der Waals surface area contributed by atoms with Crippen molar-refractivity contribution < 1.29 is 19.0 Å². The quantitative estimate of drug-likeness (QED) is 0.555. The zero-order chi connectivity index (χ0) is 21.8. The van der Waals surface area contributed by atoms with Crippen LogP contribution in [0.25, 0.3) is 10.9 Å². The van der Waals surface area contributed by atoms with Gasteiger partial charge >= 0.3 is 5.97 Å². The number of ether oxygens (including phenoxy) is 3. The Hall–Kier alpha value is -3.62. The van der Waals surface area contributed by atoms with E-state index in [2.05, 4.69) is 24.8 Å². The van der Waals surface area contributed by atoms with E-state index >= 15 is 0 Å². The lowest BCUT2D eigenvalue weighted by Gasteiger charge is -2.37. The zero-order valence-electron chi connectivity index (χ0n) is 17.9. The van der Waals surface area contributed by atoms with Crippen molar-refractivity contribution in [3.05, 3.63) is 42.4 Å². The molecular formula is C22H25N5O4. The molecule has 3 aromatic rings. The Morgan fingerprint density at radius 1 is 1.00 bits per heavy atom. The second-order valence-corrected chi connectivity index (χ2v) is 6.96. The first kappa shape index (κ1) is 20.6. The van der Waals surface area contributed by atoms with E-state index in [-0.39, 0.29) is 5.97 Å². The molecule has 9 heteroatoms. The topological polar surface area (TPSA) is 89.9 Å². The number of aromatic nitrogens is 3. The van der Waals surface area contributed by atoms with Crippen molar-refractivity contribution in [3.8, 4) is 11.6 Å². The number of hydrogen-bond donors (Lipinski definition) is 0. The van der Waals surface area contributed by atoms with Crippen LogP contribution in [0.15, 0.2) is 36.8 Å². The molecule has 0 bridgehead atoms. The summed E-state index contributed by atoms with van der Waals surface area (Å²) in [5.74, 6) is 1.50. The highest BCUT2D eigenvalue weighted by Gasteiger charge is 2.27. The Morgan fingerprint density at radius 3 is 2.45 bits per heavy atom. The van der Waals surface area contributed by atoms with E-state index < -0.39 is 0 Å². The third-order valence-electron chi connectivity index (χ3n) is 5.28. The maximum atomic E-state index is 12.7. The molecule has 4 rings (SSSR count). The SMILES string of the molecule is CCOC(=O)c1cnc2c(OC)cccc2c1N1CCN(c2nccnc2OC)CC1. The zero-order valence-corrected chi connectivity index (χ0v) is 17.9. The molecule has 2 aromatic heterocycles.